The van der Waals surface area contributed by atoms with Gasteiger partial charge >= 0.3 is 0 Å². The van der Waals surface area contributed by atoms with Gasteiger partial charge in [0.2, 0.25) is 0 Å². The van der Waals surface area contributed by atoms with Crippen LogP contribution in [0.4, 0.5) is 23.0 Å². The average Bonchev–Trinajstić information content (AvgIpc) is 2.55. The highest BCUT2D eigenvalue weighted by Crippen LogP contribution is 2.28. The van der Waals surface area contributed by atoms with Gasteiger partial charge in [-0.3, -0.25) is 0 Å². The first kappa shape index (κ1) is 17.1. The Balaban J connectivity index is 1.78. The number of nitrogens with one attached hydrogen (secondary N) is 2. The van der Waals surface area contributed by atoms with E-state index in [-0.39, 0.29) is 0 Å². The van der Waals surface area contributed by atoms with Gasteiger partial charge in [0.15, 0.2) is 0 Å². The van der Waals surface area contributed by atoms with Crippen molar-refractivity contribution in [3.63, 3.8) is 0 Å². The molecule has 0 aliphatic carbocycles. The Bertz CT molecular complexity index is 817. The SMILES string of the molecule is Clc1ccc(Nc2cc(Nc3ccc(Cl)c(Cl)c3)ncn2)cc1Cl. The maximum absolute atomic E-state index is 6.01. The van der Waals surface area contributed by atoms with Crippen LogP contribution in [0.25, 0.3) is 0 Å². The largest absolute Gasteiger partial charge is 0.340 e. The normalized spacial score (nSPS) is 10.5. The Morgan fingerprint density at radius 1 is 0.583 bits per heavy atom. The molecular weight excluding hydrogens is 390 g/mol. The third kappa shape index (κ3) is 4.22. The average molecular weight is 400 g/mol. The number of nitrogens with zero attached hydrogens (tertiary/aromatic N) is 2. The number of anilines is 4. The zero-order valence-corrected chi connectivity index (χ0v) is 15.0. The standard InChI is InChI=1S/C16H10Cl4N4/c17-11-3-1-9(5-13(11)19)23-15-7-16(22-8-21-15)24-10-2-4-12(18)14(20)6-10/h1-8H,(H2,21,22,23,24). The molecule has 0 fully saturated rings. The van der Waals surface area contributed by atoms with Crippen molar-refractivity contribution in [2.24, 2.45) is 0 Å². The minimum Gasteiger partial charge on any atom is -0.340 e. The molecule has 0 amide bonds. The van der Waals surface area contributed by atoms with Crippen molar-refractivity contribution in [1.29, 1.82) is 0 Å². The van der Waals surface area contributed by atoms with E-state index in [9.17, 15) is 0 Å². The van der Waals surface area contributed by atoms with Crippen molar-refractivity contribution in [2.75, 3.05) is 10.6 Å². The van der Waals surface area contributed by atoms with E-state index < -0.39 is 0 Å². The van der Waals surface area contributed by atoms with Crippen molar-refractivity contribution in [1.82, 2.24) is 9.97 Å². The van der Waals surface area contributed by atoms with Crippen LogP contribution in [0.2, 0.25) is 20.1 Å². The second-order valence-electron chi connectivity index (χ2n) is 4.80. The summed E-state index contributed by atoms with van der Waals surface area (Å²) in [6, 6.07) is 12.2. The smallest absolute Gasteiger partial charge is 0.135 e. The van der Waals surface area contributed by atoms with Crippen molar-refractivity contribution in [3.8, 4) is 0 Å². The Morgan fingerprint density at radius 3 is 1.46 bits per heavy atom. The fourth-order valence-electron chi connectivity index (χ4n) is 1.94. The quantitative estimate of drug-likeness (QED) is 0.520. The van der Waals surface area contributed by atoms with Gasteiger partial charge in [-0.05, 0) is 36.4 Å². The first-order valence-corrected chi connectivity index (χ1v) is 8.28. The third-order valence-corrected chi connectivity index (χ3v) is 4.53. The molecule has 4 nitrogen and oxygen atoms in total. The van der Waals surface area contributed by atoms with Gasteiger partial charge in [0.1, 0.15) is 18.0 Å². The number of halogens is 4. The molecule has 0 saturated carbocycles. The van der Waals surface area contributed by atoms with Crippen LogP contribution in [-0.4, -0.2) is 9.97 Å². The van der Waals surface area contributed by atoms with Gasteiger partial charge in [0.05, 0.1) is 20.1 Å². The van der Waals surface area contributed by atoms with Gasteiger partial charge in [0.25, 0.3) is 0 Å². The Morgan fingerprint density at radius 2 is 1.04 bits per heavy atom. The molecule has 0 aliphatic heterocycles. The fourth-order valence-corrected chi connectivity index (χ4v) is 2.53. The summed E-state index contributed by atoms with van der Waals surface area (Å²) in [4.78, 5) is 8.35. The van der Waals surface area contributed by atoms with Crippen molar-refractivity contribution < 1.29 is 0 Å². The third-order valence-electron chi connectivity index (χ3n) is 3.05. The molecule has 122 valence electrons. The summed E-state index contributed by atoms with van der Waals surface area (Å²) in [5.74, 6) is 1.21. The van der Waals surface area contributed by atoms with Crippen LogP contribution in [0.1, 0.15) is 0 Å². The highest BCUT2D eigenvalue weighted by atomic mass is 35.5. The molecule has 0 spiro atoms. The van der Waals surface area contributed by atoms with E-state index in [1.165, 1.54) is 6.33 Å². The number of hydrogen-bond acceptors (Lipinski definition) is 4. The molecule has 2 N–H and O–H groups in total. The van der Waals surface area contributed by atoms with Gasteiger partial charge in [-0.15, -0.1) is 0 Å². The number of benzene rings is 2. The van der Waals surface area contributed by atoms with Gasteiger partial charge in [-0.25, -0.2) is 9.97 Å². The summed E-state index contributed by atoms with van der Waals surface area (Å²) in [7, 11) is 0. The Kier molecular flexibility index (Phi) is 5.31. The summed E-state index contributed by atoms with van der Waals surface area (Å²) >= 11 is 23.8. The molecule has 0 atom stereocenters. The number of hydrogen-bond donors (Lipinski definition) is 2. The monoisotopic (exact) mass is 398 g/mol. The van der Waals surface area contributed by atoms with E-state index >= 15 is 0 Å². The van der Waals surface area contributed by atoms with Crippen molar-refractivity contribution in [3.05, 3.63) is 68.9 Å². The summed E-state index contributed by atoms with van der Waals surface area (Å²) < 4.78 is 0. The van der Waals surface area contributed by atoms with Gasteiger partial charge in [-0.2, -0.15) is 0 Å². The molecule has 24 heavy (non-hydrogen) atoms. The molecular formula is C16H10Cl4N4. The fraction of sp³-hybridized carbons (Fsp3) is 0. The first-order chi connectivity index (χ1) is 11.5. The van der Waals surface area contributed by atoms with E-state index in [1.807, 2.05) is 12.1 Å². The van der Waals surface area contributed by atoms with Gasteiger partial charge in [-0.1, -0.05) is 46.4 Å². The lowest BCUT2D eigenvalue weighted by molar-refractivity contribution is 1.17. The molecule has 1 heterocycles. The summed E-state index contributed by atoms with van der Waals surface area (Å²) in [5.41, 5.74) is 1.53. The van der Waals surface area contributed by atoms with Crippen molar-refractivity contribution in [2.45, 2.75) is 0 Å². The van der Waals surface area contributed by atoms with E-state index in [2.05, 4.69) is 20.6 Å². The predicted octanol–water partition coefficient (Wildman–Crippen LogP) is 6.58. The van der Waals surface area contributed by atoms with E-state index in [1.54, 1.807) is 30.3 Å². The second kappa shape index (κ2) is 7.45. The molecule has 0 unspecified atom stereocenters. The highest BCUT2D eigenvalue weighted by Gasteiger charge is 2.04. The summed E-state index contributed by atoms with van der Waals surface area (Å²) in [6.45, 7) is 0. The van der Waals surface area contributed by atoms with Gasteiger partial charge < -0.3 is 10.6 Å². The first-order valence-electron chi connectivity index (χ1n) is 6.77. The lowest BCUT2D eigenvalue weighted by Gasteiger charge is -2.10. The second-order valence-corrected chi connectivity index (χ2v) is 6.43. The zero-order chi connectivity index (χ0) is 17.1. The van der Waals surface area contributed by atoms with Crippen LogP contribution in [-0.2, 0) is 0 Å². The van der Waals surface area contributed by atoms with Crippen LogP contribution in [0.5, 0.6) is 0 Å². The Hall–Kier alpha value is -1.72. The van der Waals surface area contributed by atoms with Gasteiger partial charge in [0, 0.05) is 17.4 Å². The maximum atomic E-state index is 6.01. The molecule has 3 rings (SSSR count). The lowest BCUT2D eigenvalue weighted by Crippen LogP contribution is -1.98. The number of rotatable bonds is 4. The zero-order valence-electron chi connectivity index (χ0n) is 12.0. The predicted molar refractivity (Wildman–Crippen MR) is 102 cm³/mol. The maximum Gasteiger partial charge on any atom is 0.135 e. The van der Waals surface area contributed by atoms with Crippen LogP contribution in [0.3, 0.4) is 0 Å². The minimum absolute atomic E-state index is 0.463. The molecule has 0 saturated heterocycles. The van der Waals surface area contributed by atoms with Crippen LogP contribution < -0.4 is 10.6 Å². The number of aromatic nitrogens is 2. The summed E-state index contributed by atoms with van der Waals surface area (Å²) in [6.07, 6.45) is 1.44. The Labute approximate surface area is 158 Å². The molecule has 1 aromatic heterocycles. The lowest BCUT2D eigenvalue weighted by atomic mass is 10.3. The van der Waals surface area contributed by atoms with Crippen molar-refractivity contribution >= 4 is 69.4 Å². The summed E-state index contributed by atoms with van der Waals surface area (Å²) in [5, 5.41) is 8.19. The molecule has 8 heteroatoms. The van der Waals surface area contributed by atoms with Crippen LogP contribution >= 0.6 is 46.4 Å². The van der Waals surface area contributed by atoms with Crippen LogP contribution in [0, 0.1) is 0 Å². The molecule has 2 aromatic carbocycles. The molecule has 0 aliphatic rings. The minimum atomic E-state index is 0.463. The van der Waals surface area contributed by atoms with Crippen LogP contribution in [0.15, 0.2) is 48.8 Å². The van der Waals surface area contributed by atoms with E-state index in [0.717, 1.165) is 11.4 Å². The topological polar surface area (TPSA) is 49.8 Å². The molecule has 0 bridgehead atoms. The van der Waals surface area contributed by atoms with E-state index in [0.29, 0.717) is 31.7 Å². The molecule has 0 radical (unpaired) electrons. The van der Waals surface area contributed by atoms with E-state index in [4.69, 9.17) is 46.4 Å². The molecule has 3 aromatic rings. The highest BCUT2D eigenvalue weighted by molar-refractivity contribution is 6.42.